The molecule has 0 spiro atoms. The van der Waals surface area contributed by atoms with Crippen molar-refractivity contribution < 1.29 is 19.3 Å². The van der Waals surface area contributed by atoms with Gasteiger partial charge in [-0.15, -0.1) is 0 Å². The van der Waals surface area contributed by atoms with E-state index >= 15 is 0 Å². The molecule has 1 aromatic carbocycles. The van der Waals surface area contributed by atoms with E-state index in [-0.39, 0.29) is 16.9 Å². The number of H-pyrrole nitrogens is 1. The highest BCUT2D eigenvalue weighted by atomic mass is 32.1. The number of hydrogen-bond donors (Lipinski definition) is 2. The Bertz CT molecular complexity index is 904. The molecule has 150 valence electrons. The van der Waals surface area contributed by atoms with Crippen LogP contribution in [0.4, 0.5) is 0 Å². The first-order chi connectivity index (χ1) is 12.9. The average molecular weight is 397 g/mol. The van der Waals surface area contributed by atoms with Gasteiger partial charge in [0.15, 0.2) is 16.3 Å². The average Bonchev–Trinajstić information content (AvgIpc) is 2.67. The van der Waals surface area contributed by atoms with Crippen LogP contribution < -0.4 is 19.8 Å². The van der Waals surface area contributed by atoms with Gasteiger partial charge in [0.25, 0.3) is 5.56 Å². The summed E-state index contributed by atoms with van der Waals surface area (Å²) < 4.78 is 17.7. The van der Waals surface area contributed by atoms with E-state index in [0.717, 1.165) is 13.1 Å². The van der Waals surface area contributed by atoms with Gasteiger partial charge in [0.1, 0.15) is 5.52 Å². The van der Waals surface area contributed by atoms with Crippen molar-refractivity contribution in [3.63, 3.8) is 0 Å². The van der Waals surface area contributed by atoms with Gasteiger partial charge in [-0.25, -0.2) is 0 Å². The maximum atomic E-state index is 13.0. The summed E-state index contributed by atoms with van der Waals surface area (Å²) in [6.45, 7) is 6.24. The zero-order valence-electron chi connectivity index (χ0n) is 16.4. The minimum atomic E-state index is -0.725. The van der Waals surface area contributed by atoms with E-state index in [1.807, 2.05) is 13.8 Å². The highest BCUT2D eigenvalue weighted by molar-refractivity contribution is 7.71. The molecular weight excluding hydrogens is 370 g/mol. The summed E-state index contributed by atoms with van der Waals surface area (Å²) in [7, 11) is 4.46. The summed E-state index contributed by atoms with van der Waals surface area (Å²) in [4.78, 5) is 18.2. The normalized spacial score (nSPS) is 12.4. The molecule has 8 nitrogen and oxygen atoms in total. The van der Waals surface area contributed by atoms with Crippen LogP contribution in [0.1, 0.15) is 13.8 Å². The van der Waals surface area contributed by atoms with Crippen molar-refractivity contribution in [1.82, 2.24) is 14.5 Å². The Balaban J connectivity index is 2.58. The first-order valence-corrected chi connectivity index (χ1v) is 9.18. The summed E-state index contributed by atoms with van der Waals surface area (Å²) in [6, 6.07) is 1.58. The molecule has 0 aliphatic rings. The quantitative estimate of drug-likeness (QED) is 0.624. The molecular formula is C18H27N3O5S. The van der Waals surface area contributed by atoms with Gasteiger partial charge in [0.05, 0.1) is 39.4 Å². The maximum Gasteiger partial charge on any atom is 0.262 e. The molecule has 1 unspecified atom stereocenters. The number of aromatic amines is 1. The molecule has 0 bridgehead atoms. The number of aromatic nitrogens is 2. The molecule has 0 amide bonds. The Hall–Kier alpha value is -2.10. The van der Waals surface area contributed by atoms with Gasteiger partial charge in [-0.2, -0.15) is 0 Å². The lowest BCUT2D eigenvalue weighted by Crippen LogP contribution is -2.37. The second kappa shape index (κ2) is 9.20. The Morgan fingerprint density at radius 3 is 2.33 bits per heavy atom. The van der Waals surface area contributed by atoms with Crippen LogP contribution in [0, 0.1) is 4.77 Å². The van der Waals surface area contributed by atoms with Gasteiger partial charge in [0, 0.05) is 6.54 Å². The molecule has 27 heavy (non-hydrogen) atoms. The van der Waals surface area contributed by atoms with Gasteiger partial charge in [0.2, 0.25) is 5.75 Å². The van der Waals surface area contributed by atoms with Gasteiger partial charge < -0.3 is 29.2 Å². The van der Waals surface area contributed by atoms with Crippen molar-refractivity contribution in [2.75, 3.05) is 41.0 Å². The molecule has 0 saturated carbocycles. The zero-order valence-corrected chi connectivity index (χ0v) is 17.2. The number of hydrogen-bond acceptors (Lipinski definition) is 7. The number of nitrogens with zero attached hydrogens (tertiary/aromatic N) is 2. The van der Waals surface area contributed by atoms with E-state index in [1.165, 1.54) is 25.9 Å². The molecule has 1 aromatic heterocycles. The van der Waals surface area contributed by atoms with E-state index in [2.05, 4.69) is 9.88 Å². The van der Waals surface area contributed by atoms with Gasteiger partial charge in [-0.05, 0) is 31.4 Å². The van der Waals surface area contributed by atoms with Crippen LogP contribution in [-0.2, 0) is 6.54 Å². The van der Waals surface area contributed by atoms with Crippen LogP contribution in [0.5, 0.6) is 17.2 Å². The minimum Gasteiger partial charge on any atom is -0.493 e. The molecule has 0 radical (unpaired) electrons. The summed E-state index contributed by atoms with van der Waals surface area (Å²) in [6.07, 6.45) is -0.725. The Labute approximate surface area is 163 Å². The molecule has 2 aromatic rings. The van der Waals surface area contributed by atoms with Crippen LogP contribution in [0.15, 0.2) is 10.9 Å². The van der Waals surface area contributed by atoms with Crippen molar-refractivity contribution in [2.24, 2.45) is 0 Å². The highest BCUT2D eigenvalue weighted by Gasteiger charge is 2.20. The van der Waals surface area contributed by atoms with E-state index in [1.54, 1.807) is 6.07 Å². The van der Waals surface area contributed by atoms with Crippen LogP contribution in [-0.4, -0.2) is 66.6 Å². The van der Waals surface area contributed by atoms with Crippen LogP contribution in [0.2, 0.25) is 0 Å². The molecule has 1 heterocycles. The van der Waals surface area contributed by atoms with Crippen LogP contribution >= 0.6 is 12.2 Å². The molecule has 0 fully saturated rings. The monoisotopic (exact) mass is 397 g/mol. The summed E-state index contributed by atoms with van der Waals surface area (Å²) >= 11 is 5.36. The number of aliphatic hydroxyl groups is 1. The Kier molecular flexibility index (Phi) is 7.23. The highest BCUT2D eigenvalue weighted by Crippen LogP contribution is 2.41. The molecule has 1 atom stereocenters. The third-order valence-electron chi connectivity index (χ3n) is 4.54. The van der Waals surface area contributed by atoms with E-state index < -0.39 is 6.10 Å². The second-order valence-corrected chi connectivity index (χ2v) is 6.44. The standard InChI is InChI=1S/C18H27N3O5S/c1-6-20(7-2)9-11(22)10-21-17(23)12-8-13(24-3)15(25-4)16(26-5)14(12)19-18(21)27/h8,11,22H,6-7,9-10H2,1-5H3,(H,19,27). The lowest BCUT2D eigenvalue weighted by molar-refractivity contribution is 0.101. The number of likely N-dealkylation sites (N-methyl/N-ethyl adjacent to an activating group) is 1. The fourth-order valence-electron chi connectivity index (χ4n) is 3.08. The number of fused-ring (bicyclic) bond motifs is 1. The van der Waals surface area contributed by atoms with E-state index in [9.17, 15) is 9.90 Å². The molecule has 0 saturated heterocycles. The lowest BCUT2D eigenvalue weighted by Gasteiger charge is -2.22. The predicted molar refractivity (Wildman–Crippen MR) is 107 cm³/mol. The fourth-order valence-corrected chi connectivity index (χ4v) is 3.33. The lowest BCUT2D eigenvalue weighted by atomic mass is 10.2. The van der Waals surface area contributed by atoms with Crippen molar-refractivity contribution in [1.29, 1.82) is 0 Å². The Morgan fingerprint density at radius 2 is 1.81 bits per heavy atom. The molecule has 0 aliphatic carbocycles. The summed E-state index contributed by atoms with van der Waals surface area (Å²) in [5.41, 5.74) is 0.103. The third kappa shape index (κ3) is 4.26. The fraction of sp³-hybridized carbons (Fsp3) is 0.556. The molecule has 2 rings (SSSR count). The first kappa shape index (κ1) is 21.2. The first-order valence-electron chi connectivity index (χ1n) is 8.77. The van der Waals surface area contributed by atoms with Gasteiger partial charge in [-0.3, -0.25) is 9.36 Å². The third-order valence-corrected chi connectivity index (χ3v) is 4.86. The number of aliphatic hydroxyl groups excluding tert-OH is 1. The number of nitrogens with one attached hydrogen (secondary N) is 1. The topological polar surface area (TPSA) is 89.0 Å². The summed E-state index contributed by atoms with van der Waals surface area (Å²) in [5.74, 6) is 1.09. The predicted octanol–water partition coefficient (Wildman–Crippen LogP) is 1.79. The Morgan fingerprint density at radius 1 is 1.19 bits per heavy atom. The smallest absolute Gasteiger partial charge is 0.262 e. The zero-order chi connectivity index (χ0) is 20.1. The van der Waals surface area contributed by atoms with Crippen molar-refractivity contribution in [3.8, 4) is 17.2 Å². The SMILES string of the molecule is CCN(CC)CC(O)Cn1c(=S)[nH]c2c(OC)c(OC)c(OC)cc2c1=O. The summed E-state index contributed by atoms with van der Waals surface area (Å²) in [5, 5.41) is 10.7. The van der Waals surface area contributed by atoms with E-state index in [4.69, 9.17) is 26.4 Å². The van der Waals surface area contributed by atoms with Gasteiger partial charge >= 0.3 is 0 Å². The maximum absolute atomic E-state index is 13.0. The van der Waals surface area contributed by atoms with E-state index in [0.29, 0.717) is 34.7 Å². The van der Waals surface area contributed by atoms with Gasteiger partial charge in [-0.1, -0.05) is 13.8 Å². The second-order valence-electron chi connectivity index (χ2n) is 6.05. The van der Waals surface area contributed by atoms with Crippen LogP contribution in [0.25, 0.3) is 10.9 Å². The van der Waals surface area contributed by atoms with Crippen molar-refractivity contribution in [2.45, 2.75) is 26.5 Å². The number of benzene rings is 1. The van der Waals surface area contributed by atoms with Crippen molar-refractivity contribution in [3.05, 3.63) is 21.2 Å². The molecule has 2 N–H and O–H groups in total. The minimum absolute atomic E-state index is 0.0945. The number of methoxy groups -OCH3 is 3. The molecule has 0 aliphatic heterocycles. The number of ether oxygens (including phenoxy) is 3. The number of rotatable bonds is 9. The largest absolute Gasteiger partial charge is 0.493 e. The molecule has 9 heteroatoms. The van der Waals surface area contributed by atoms with Crippen molar-refractivity contribution >= 4 is 23.1 Å². The van der Waals surface area contributed by atoms with Crippen LogP contribution in [0.3, 0.4) is 0 Å².